The van der Waals surface area contributed by atoms with Crippen LogP contribution in [0.15, 0.2) is 24.3 Å². The van der Waals surface area contributed by atoms with Gasteiger partial charge in [-0.1, -0.05) is 41.8 Å². The third-order valence-corrected chi connectivity index (χ3v) is 6.01. The van der Waals surface area contributed by atoms with Crippen LogP contribution in [0.4, 0.5) is 5.13 Å². The van der Waals surface area contributed by atoms with Crippen molar-refractivity contribution in [3.63, 3.8) is 0 Å². The largest absolute Gasteiger partial charge is 0.302 e. The van der Waals surface area contributed by atoms with E-state index in [-0.39, 0.29) is 18.3 Å². The number of aromatic nitrogens is 3. The number of halogens is 1. The van der Waals surface area contributed by atoms with Crippen LogP contribution < -0.4 is 4.90 Å². The van der Waals surface area contributed by atoms with E-state index in [1.54, 1.807) is 16.2 Å². The molecule has 2 aromatic heterocycles. The van der Waals surface area contributed by atoms with E-state index in [0.29, 0.717) is 17.1 Å². The number of carbonyl (C=O) groups excluding carboxylic acids is 1. The normalized spacial score (nSPS) is 10.9. The molecule has 1 amide bonds. The molecule has 0 unspecified atom stereocenters. The fourth-order valence-corrected chi connectivity index (χ4v) is 4.19. The van der Waals surface area contributed by atoms with Crippen LogP contribution in [0.2, 0.25) is 0 Å². The van der Waals surface area contributed by atoms with Crippen molar-refractivity contribution in [2.45, 2.75) is 20.8 Å². The molecule has 6 nitrogen and oxygen atoms in total. The first kappa shape index (κ1) is 20.7. The number of aryl methyl sites for hydroxylation is 1. The minimum Gasteiger partial charge on any atom is -0.302 e. The topological polar surface area (TPSA) is 62.2 Å². The molecule has 0 aliphatic heterocycles. The van der Waals surface area contributed by atoms with Gasteiger partial charge >= 0.3 is 0 Å². The molecular weight excluding hydrogens is 390 g/mol. The second-order valence-corrected chi connectivity index (χ2v) is 7.40. The Kier molecular flexibility index (Phi) is 7.45. The third-order valence-electron chi connectivity index (χ3n) is 4.14. The quantitative estimate of drug-likeness (QED) is 0.590. The Hall–Kier alpha value is -1.61. The van der Waals surface area contributed by atoms with Gasteiger partial charge in [0, 0.05) is 13.1 Å². The van der Waals surface area contributed by atoms with Gasteiger partial charge in [0.1, 0.15) is 4.88 Å². The molecule has 26 heavy (non-hydrogen) atoms. The monoisotopic (exact) mass is 411 g/mol. The number of fused-ring (bicyclic) bond motifs is 1. The van der Waals surface area contributed by atoms with Crippen LogP contribution in [-0.2, 0) is 0 Å². The van der Waals surface area contributed by atoms with Crippen LogP contribution in [0, 0.1) is 6.92 Å². The van der Waals surface area contributed by atoms with E-state index in [1.807, 2.05) is 31.2 Å². The molecule has 0 atom stereocenters. The number of anilines is 1. The molecule has 0 aliphatic rings. The van der Waals surface area contributed by atoms with Gasteiger partial charge in [0.15, 0.2) is 5.13 Å². The van der Waals surface area contributed by atoms with Crippen molar-refractivity contribution in [1.29, 1.82) is 0 Å². The molecular formula is C17H22ClN5OS2. The highest BCUT2D eigenvalue weighted by Gasteiger charge is 2.25. The second kappa shape index (κ2) is 9.36. The van der Waals surface area contributed by atoms with Crippen molar-refractivity contribution in [3.8, 4) is 0 Å². The molecule has 3 rings (SSSR count). The summed E-state index contributed by atoms with van der Waals surface area (Å²) < 4.78 is 4.99. The van der Waals surface area contributed by atoms with Crippen molar-refractivity contribution in [3.05, 3.63) is 34.8 Å². The summed E-state index contributed by atoms with van der Waals surface area (Å²) in [6.07, 6.45) is 0. The molecule has 9 heteroatoms. The Bertz CT molecular complexity index is 829. The van der Waals surface area contributed by atoms with Gasteiger partial charge in [-0.25, -0.2) is 4.98 Å². The number of thiazole rings is 1. The van der Waals surface area contributed by atoms with Crippen LogP contribution >= 0.6 is 35.3 Å². The molecule has 0 radical (unpaired) electrons. The predicted molar refractivity (Wildman–Crippen MR) is 111 cm³/mol. The summed E-state index contributed by atoms with van der Waals surface area (Å²) in [5.41, 5.74) is 1.59. The zero-order valence-electron chi connectivity index (χ0n) is 15.0. The average molecular weight is 412 g/mol. The summed E-state index contributed by atoms with van der Waals surface area (Å²) in [6.45, 7) is 9.39. The number of para-hydroxylation sites is 1. The van der Waals surface area contributed by atoms with Crippen molar-refractivity contribution >= 4 is 56.5 Å². The molecule has 0 saturated carbocycles. The molecule has 140 valence electrons. The summed E-state index contributed by atoms with van der Waals surface area (Å²) in [7, 11) is 0. The minimum absolute atomic E-state index is 0. The Morgan fingerprint density at radius 2 is 1.88 bits per heavy atom. The van der Waals surface area contributed by atoms with E-state index in [2.05, 4.69) is 33.3 Å². The molecule has 0 N–H and O–H groups in total. The number of hydrogen-bond donors (Lipinski definition) is 0. The molecule has 3 aromatic rings. The lowest BCUT2D eigenvalue weighted by atomic mass is 10.3. The molecule has 0 fully saturated rings. The summed E-state index contributed by atoms with van der Waals surface area (Å²) in [5, 5.41) is 4.71. The van der Waals surface area contributed by atoms with Gasteiger partial charge in [-0.05, 0) is 43.7 Å². The summed E-state index contributed by atoms with van der Waals surface area (Å²) in [4.78, 5) is 22.4. The predicted octanol–water partition coefficient (Wildman–Crippen LogP) is 3.87. The van der Waals surface area contributed by atoms with E-state index in [4.69, 9.17) is 0 Å². The van der Waals surface area contributed by atoms with Gasteiger partial charge in [-0.3, -0.25) is 9.69 Å². The van der Waals surface area contributed by atoms with E-state index in [1.165, 1.54) is 0 Å². The second-order valence-electron chi connectivity index (χ2n) is 5.64. The highest BCUT2D eigenvalue weighted by Crippen LogP contribution is 2.30. The maximum Gasteiger partial charge on any atom is 0.273 e. The molecule has 0 saturated heterocycles. The summed E-state index contributed by atoms with van der Waals surface area (Å²) in [6, 6.07) is 7.96. The van der Waals surface area contributed by atoms with E-state index < -0.39 is 0 Å². The number of likely N-dealkylation sites (N-methyl/N-ethyl adjacent to an activating group) is 1. The highest BCUT2D eigenvalue weighted by atomic mass is 35.5. The van der Waals surface area contributed by atoms with E-state index in [9.17, 15) is 4.79 Å². The number of benzene rings is 1. The number of amides is 1. The van der Waals surface area contributed by atoms with Crippen LogP contribution in [0.3, 0.4) is 0 Å². The van der Waals surface area contributed by atoms with Gasteiger partial charge in [0.2, 0.25) is 0 Å². The van der Waals surface area contributed by atoms with Gasteiger partial charge in [-0.2, -0.15) is 0 Å². The SMILES string of the molecule is CCN(CC)CCN(C(=O)c1snnc1C)c1nc2ccccc2s1.Cl. The van der Waals surface area contributed by atoms with E-state index >= 15 is 0 Å². The number of rotatable bonds is 7. The van der Waals surface area contributed by atoms with Crippen molar-refractivity contribution in [2.24, 2.45) is 0 Å². The first-order valence-corrected chi connectivity index (χ1v) is 9.91. The summed E-state index contributed by atoms with van der Waals surface area (Å²) >= 11 is 2.69. The maximum atomic E-state index is 13.1. The van der Waals surface area contributed by atoms with Crippen LogP contribution in [-0.4, -0.2) is 51.6 Å². The molecule has 0 spiro atoms. The number of nitrogens with zero attached hydrogens (tertiary/aromatic N) is 5. The minimum atomic E-state index is -0.0706. The Balaban J connectivity index is 0.00000243. The molecule has 0 bridgehead atoms. The average Bonchev–Trinajstić information content (AvgIpc) is 3.24. The lowest BCUT2D eigenvalue weighted by molar-refractivity contribution is 0.0987. The van der Waals surface area contributed by atoms with Crippen LogP contribution in [0.1, 0.15) is 29.2 Å². The third kappa shape index (κ3) is 4.37. The van der Waals surface area contributed by atoms with Gasteiger partial charge in [0.25, 0.3) is 5.91 Å². The highest BCUT2D eigenvalue weighted by molar-refractivity contribution is 7.22. The lowest BCUT2D eigenvalue weighted by Gasteiger charge is -2.24. The zero-order chi connectivity index (χ0) is 17.8. The van der Waals surface area contributed by atoms with Crippen LogP contribution in [0.25, 0.3) is 10.2 Å². The van der Waals surface area contributed by atoms with Crippen molar-refractivity contribution < 1.29 is 4.79 Å². The van der Waals surface area contributed by atoms with Crippen LogP contribution in [0.5, 0.6) is 0 Å². The van der Waals surface area contributed by atoms with E-state index in [0.717, 1.165) is 46.5 Å². The summed E-state index contributed by atoms with van der Waals surface area (Å²) in [5.74, 6) is -0.0706. The molecule has 2 heterocycles. The fourth-order valence-electron chi connectivity index (χ4n) is 2.59. The standard InChI is InChI=1S/C17H21N5OS2.ClH/c1-4-21(5-2)10-11-22(16(23)15-12(3)19-20-25-15)17-18-13-8-6-7-9-14(13)24-17;/h6-9H,4-5,10-11H2,1-3H3;1H. The number of carbonyl (C=O) groups is 1. The first-order chi connectivity index (χ1) is 12.1. The first-order valence-electron chi connectivity index (χ1n) is 8.32. The molecule has 0 aliphatic carbocycles. The lowest BCUT2D eigenvalue weighted by Crippen LogP contribution is -2.38. The maximum absolute atomic E-state index is 13.1. The Morgan fingerprint density at radius 3 is 2.50 bits per heavy atom. The van der Waals surface area contributed by atoms with Gasteiger partial charge < -0.3 is 4.90 Å². The van der Waals surface area contributed by atoms with Gasteiger partial charge in [-0.15, -0.1) is 17.5 Å². The van der Waals surface area contributed by atoms with Gasteiger partial charge in [0.05, 0.1) is 15.9 Å². The van der Waals surface area contributed by atoms with Crippen molar-refractivity contribution in [2.75, 3.05) is 31.1 Å². The van der Waals surface area contributed by atoms with Crippen molar-refractivity contribution in [1.82, 2.24) is 19.5 Å². The Morgan fingerprint density at radius 1 is 1.15 bits per heavy atom. The number of hydrogen-bond acceptors (Lipinski definition) is 7. The molecule has 1 aromatic carbocycles. The Labute approximate surface area is 167 Å². The zero-order valence-corrected chi connectivity index (χ0v) is 17.5. The smallest absolute Gasteiger partial charge is 0.273 e. The fraction of sp³-hybridized carbons (Fsp3) is 0.412.